The van der Waals surface area contributed by atoms with E-state index in [2.05, 4.69) is 15.0 Å². The molecule has 0 aliphatic carbocycles. The summed E-state index contributed by atoms with van der Waals surface area (Å²) in [6.07, 6.45) is 4.52. The smallest absolute Gasteiger partial charge is 0.365 e. The number of carbonyl (C=O) groups is 1. The first-order valence-corrected chi connectivity index (χ1v) is 5.66. The molecule has 2 aromatic rings. The summed E-state index contributed by atoms with van der Waals surface area (Å²) in [6, 6.07) is 0. The maximum atomic E-state index is 10.7. The van der Waals surface area contributed by atoms with Gasteiger partial charge in [0, 0.05) is 6.20 Å². The van der Waals surface area contributed by atoms with Crippen LogP contribution in [0.5, 0.6) is 5.88 Å². The van der Waals surface area contributed by atoms with E-state index in [1.807, 2.05) is 6.92 Å². The Morgan fingerprint density at radius 3 is 2.94 bits per heavy atom. The average molecular weight is 251 g/mol. The van der Waals surface area contributed by atoms with E-state index in [0.29, 0.717) is 23.1 Å². The number of carboxylic acids is 1. The molecule has 0 aromatic carbocycles. The van der Waals surface area contributed by atoms with E-state index in [0.717, 1.165) is 11.3 Å². The number of nitrogens with zero attached hydrogens (tertiary/aromatic N) is 3. The summed E-state index contributed by atoms with van der Waals surface area (Å²) in [7, 11) is 0. The maximum Gasteiger partial charge on any atom is 0.365 e. The molecule has 17 heavy (non-hydrogen) atoms. The van der Waals surface area contributed by atoms with Crippen LogP contribution in [-0.4, -0.2) is 32.6 Å². The maximum absolute atomic E-state index is 10.7. The summed E-state index contributed by atoms with van der Waals surface area (Å²) < 4.78 is 5.22. The van der Waals surface area contributed by atoms with Gasteiger partial charge in [0.25, 0.3) is 0 Å². The monoisotopic (exact) mass is 251 g/mol. The summed E-state index contributed by atoms with van der Waals surface area (Å²) in [5, 5.41) is 8.80. The molecule has 0 bridgehead atoms. The zero-order valence-electron chi connectivity index (χ0n) is 8.95. The van der Waals surface area contributed by atoms with Gasteiger partial charge in [-0.3, -0.25) is 4.98 Å². The second-order valence-corrected chi connectivity index (χ2v) is 4.04. The molecule has 2 aromatic heterocycles. The molecule has 0 aliphatic heterocycles. The molecule has 1 N–H and O–H groups in total. The first kappa shape index (κ1) is 11.5. The second-order valence-electron chi connectivity index (χ2n) is 3.01. The van der Waals surface area contributed by atoms with Crippen molar-refractivity contribution in [1.82, 2.24) is 15.0 Å². The zero-order chi connectivity index (χ0) is 12.3. The van der Waals surface area contributed by atoms with Crippen LogP contribution in [-0.2, 0) is 0 Å². The molecule has 0 fully saturated rings. The number of rotatable bonds is 4. The molecule has 88 valence electrons. The number of carboxylic acid groups (broad SMARTS) is 1. The highest BCUT2D eigenvalue weighted by molar-refractivity contribution is 7.16. The van der Waals surface area contributed by atoms with E-state index in [-0.39, 0.29) is 5.01 Å². The molecule has 0 radical (unpaired) electrons. The Balaban J connectivity index is 2.31. The SMILES string of the molecule is CCOc1cncc(-c2cnc(C(=O)O)s2)n1. The van der Waals surface area contributed by atoms with Gasteiger partial charge in [-0.15, -0.1) is 11.3 Å². The minimum atomic E-state index is -1.05. The molecule has 2 rings (SSSR count). The first-order chi connectivity index (χ1) is 8.20. The van der Waals surface area contributed by atoms with Crippen LogP contribution in [0.15, 0.2) is 18.6 Å². The Morgan fingerprint density at radius 2 is 2.29 bits per heavy atom. The molecule has 6 nitrogen and oxygen atoms in total. The summed E-state index contributed by atoms with van der Waals surface area (Å²) >= 11 is 1.05. The third kappa shape index (κ3) is 2.56. The molecule has 7 heteroatoms. The molecule has 0 unspecified atom stereocenters. The van der Waals surface area contributed by atoms with Crippen LogP contribution in [0.3, 0.4) is 0 Å². The number of hydrogen-bond acceptors (Lipinski definition) is 6. The van der Waals surface area contributed by atoms with Crippen molar-refractivity contribution in [3.05, 3.63) is 23.6 Å². The van der Waals surface area contributed by atoms with Crippen LogP contribution >= 0.6 is 11.3 Å². The van der Waals surface area contributed by atoms with Gasteiger partial charge in [0.15, 0.2) is 0 Å². The van der Waals surface area contributed by atoms with E-state index >= 15 is 0 Å². The summed E-state index contributed by atoms with van der Waals surface area (Å²) in [5.41, 5.74) is 0.556. The van der Waals surface area contributed by atoms with Crippen molar-refractivity contribution >= 4 is 17.3 Å². The van der Waals surface area contributed by atoms with Crippen molar-refractivity contribution < 1.29 is 14.6 Å². The third-order valence-electron chi connectivity index (χ3n) is 1.85. The van der Waals surface area contributed by atoms with Crippen LogP contribution < -0.4 is 4.74 Å². The fourth-order valence-corrected chi connectivity index (χ4v) is 1.88. The lowest BCUT2D eigenvalue weighted by molar-refractivity contribution is 0.0696. The lowest BCUT2D eigenvalue weighted by atomic mass is 10.4. The molecule has 0 atom stereocenters. The molecule has 0 aliphatic rings. The van der Waals surface area contributed by atoms with E-state index in [4.69, 9.17) is 9.84 Å². The van der Waals surface area contributed by atoms with Gasteiger partial charge in [-0.2, -0.15) is 0 Å². The van der Waals surface area contributed by atoms with Gasteiger partial charge in [-0.1, -0.05) is 0 Å². The van der Waals surface area contributed by atoms with Crippen molar-refractivity contribution in [3.8, 4) is 16.5 Å². The Morgan fingerprint density at radius 1 is 1.47 bits per heavy atom. The quantitative estimate of drug-likeness (QED) is 0.890. The lowest BCUT2D eigenvalue weighted by Crippen LogP contribution is -1.95. The topological polar surface area (TPSA) is 85.2 Å². The lowest BCUT2D eigenvalue weighted by Gasteiger charge is -2.01. The van der Waals surface area contributed by atoms with E-state index < -0.39 is 5.97 Å². The molecule has 2 heterocycles. The number of aromatic carboxylic acids is 1. The Hall–Kier alpha value is -2.02. The van der Waals surface area contributed by atoms with Crippen LogP contribution in [0.1, 0.15) is 16.7 Å². The van der Waals surface area contributed by atoms with Gasteiger partial charge in [0.2, 0.25) is 10.9 Å². The molecular weight excluding hydrogens is 242 g/mol. The van der Waals surface area contributed by atoms with Gasteiger partial charge in [-0.25, -0.2) is 14.8 Å². The summed E-state index contributed by atoms with van der Waals surface area (Å²) in [6.45, 7) is 2.35. The number of hydrogen-bond donors (Lipinski definition) is 1. The standard InChI is InChI=1S/C10H9N3O3S/c1-2-16-8-5-11-3-6(13-8)7-4-12-9(17-7)10(14)15/h3-5H,2H2,1H3,(H,14,15). The molecule has 0 saturated carbocycles. The molecule has 0 spiro atoms. The van der Waals surface area contributed by atoms with Crippen LogP contribution in [0.25, 0.3) is 10.6 Å². The van der Waals surface area contributed by atoms with Crippen LogP contribution in [0.4, 0.5) is 0 Å². The van der Waals surface area contributed by atoms with Gasteiger partial charge >= 0.3 is 5.97 Å². The predicted octanol–water partition coefficient (Wildman–Crippen LogP) is 1.70. The molecule has 0 amide bonds. The molecular formula is C10H9N3O3S. The predicted molar refractivity (Wildman–Crippen MR) is 61.3 cm³/mol. The van der Waals surface area contributed by atoms with E-state index in [9.17, 15) is 4.79 Å². The van der Waals surface area contributed by atoms with Crippen molar-refractivity contribution in [2.75, 3.05) is 6.61 Å². The highest BCUT2D eigenvalue weighted by atomic mass is 32.1. The van der Waals surface area contributed by atoms with Gasteiger partial charge in [0.1, 0.15) is 5.69 Å². The fourth-order valence-electron chi connectivity index (χ4n) is 1.18. The zero-order valence-corrected chi connectivity index (χ0v) is 9.77. The van der Waals surface area contributed by atoms with Gasteiger partial charge in [-0.05, 0) is 6.92 Å². The Bertz CT molecular complexity index is 541. The minimum Gasteiger partial charge on any atom is -0.477 e. The summed E-state index contributed by atoms with van der Waals surface area (Å²) in [4.78, 5) is 23.3. The Labute approximate surface area is 101 Å². The highest BCUT2D eigenvalue weighted by Crippen LogP contribution is 2.25. The van der Waals surface area contributed by atoms with Crippen molar-refractivity contribution in [3.63, 3.8) is 0 Å². The largest absolute Gasteiger partial charge is 0.477 e. The number of thiazole rings is 1. The highest BCUT2D eigenvalue weighted by Gasteiger charge is 2.11. The van der Waals surface area contributed by atoms with Crippen molar-refractivity contribution in [2.45, 2.75) is 6.92 Å². The number of ether oxygens (including phenoxy) is 1. The minimum absolute atomic E-state index is 0.0311. The summed E-state index contributed by atoms with van der Waals surface area (Å²) in [5.74, 6) is -0.634. The number of aromatic nitrogens is 3. The second kappa shape index (κ2) is 4.88. The van der Waals surface area contributed by atoms with Crippen LogP contribution in [0, 0.1) is 0 Å². The third-order valence-corrected chi connectivity index (χ3v) is 2.85. The van der Waals surface area contributed by atoms with Gasteiger partial charge in [0.05, 0.1) is 23.9 Å². The van der Waals surface area contributed by atoms with Crippen molar-refractivity contribution in [1.29, 1.82) is 0 Å². The van der Waals surface area contributed by atoms with Crippen LogP contribution in [0.2, 0.25) is 0 Å². The van der Waals surface area contributed by atoms with E-state index in [1.165, 1.54) is 12.4 Å². The average Bonchev–Trinajstić information content (AvgIpc) is 2.79. The normalized spacial score (nSPS) is 10.2. The van der Waals surface area contributed by atoms with Crippen molar-refractivity contribution in [2.24, 2.45) is 0 Å². The fraction of sp³-hybridized carbons (Fsp3) is 0.200. The van der Waals surface area contributed by atoms with Gasteiger partial charge < -0.3 is 9.84 Å². The first-order valence-electron chi connectivity index (χ1n) is 4.85. The molecule has 0 saturated heterocycles. The van der Waals surface area contributed by atoms with E-state index in [1.54, 1.807) is 6.20 Å². The Kier molecular flexibility index (Phi) is 3.29.